The fourth-order valence-electron chi connectivity index (χ4n) is 1.39. The second-order valence-corrected chi connectivity index (χ2v) is 6.34. The van der Waals surface area contributed by atoms with Gasteiger partial charge < -0.3 is 4.74 Å². The van der Waals surface area contributed by atoms with Crippen LogP contribution in [0.15, 0.2) is 23.2 Å². The van der Waals surface area contributed by atoms with Gasteiger partial charge in [-0.05, 0) is 18.1 Å². The lowest BCUT2D eigenvalue weighted by atomic mass is 10.1. The lowest BCUT2D eigenvalue weighted by molar-refractivity contribution is 0.0691. The lowest BCUT2D eigenvalue weighted by Gasteiger charge is -2.19. The van der Waals surface area contributed by atoms with E-state index in [0.29, 0.717) is 0 Å². The van der Waals surface area contributed by atoms with Crippen molar-refractivity contribution in [2.45, 2.75) is 24.8 Å². The fraction of sp³-hybridized carbons (Fsp3) is 0.545. The summed E-state index contributed by atoms with van der Waals surface area (Å²) in [4.78, 5) is 3.83. The third kappa shape index (κ3) is 4.20. The Labute approximate surface area is 113 Å². The fourth-order valence-corrected chi connectivity index (χ4v) is 2.49. The average molecular weight is 293 g/mol. The molecule has 0 saturated carbocycles. The van der Waals surface area contributed by atoms with Crippen LogP contribution in [-0.4, -0.2) is 33.2 Å². The Morgan fingerprint density at radius 1 is 1.44 bits per heavy atom. The summed E-state index contributed by atoms with van der Waals surface area (Å²) < 4.78 is 31.6. The van der Waals surface area contributed by atoms with Crippen molar-refractivity contribution in [3.05, 3.63) is 23.5 Å². The molecule has 18 heavy (non-hydrogen) atoms. The summed E-state index contributed by atoms with van der Waals surface area (Å²) in [6.45, 7) is 4.15. The Hall–Kier alpha value is -0.690. The van der Waals surface area contributed by atoms with Gasteiger partial charge in [0.2, 0.25) is 10.0 Å². The molecular formula is C11H17ClN2O3S. The number of aromatic nitrogens is 1. The van der Waals surface area contributed by atoms with Crippen LogP contribution in [0, 0.1) is 5.92 Å². The smallest absolute Gasteiger partial charge is 0.242 e. The van der Waals surface area contributed by atoms with Crippen LogP contribution >= 0.6 is 11.6 Å². The summed E-state index contributed by atoms with van der Waals surface area (Å²) >= 11 is 5.61. The zero-order valence-electron chi connectivity index (χ0n) is 10.6. The van der Waals surface area contributed by atoms with Crippen molar-refractivity contribution in [2.75, 3.05) is 13.7 Å². The molecule has 0 unspecified atom stereocenters. The molecule has 0 radical (unpaired) electrons. The van der Waals surface area contributed by atoms with E-state index in [1.54, 1.807) is 7.11 Å². The Morgan fingerprint density at radius 3 is 2.56 bits per heavy atom. The van der Waals surface area contributed by atoms with Crippen molar-refractivity contribution in [1.82, 2.24) is 9.71 Å². The van der Waals surface area contributed by atoms with Crippen LogP contribution in [0.2, 0.25) is 5.15 Å². The minimum absolute atomic E-state index is 0.0884. The van der Waals surface area contributed by atoms with Crippen LogP contribution in [0.25, 0.3) is 0 Å². The summed E-state index contributed by atoms with van der Waals surface area (Å²) in [6.07, 6.45) is 1.06. The number of rotatable bonds is 6. The van der Waals surface area contributed by atoms with Crippen LogP contribution in [0.3, 0.4) is 0 Å². The first-order valence-corrected chi connectivity index (χ1v) is 7.37. The molecule has 1 aromatic heterocycles. The second-order valence-electron chi connectivity index (χ2n) is 4.19. The molecule has 0 aliphatic rings. The highest BCUT2D eigenvalue weighted by atomic mass is 35.5. The summed E-state index contributed by atoms with van der Waals surface area (Å²) in [7, 11) is -2.01. The van der Waals surface area contributed by atoms with Crippen LogP contribution in [0.4, 0.5) is 0 Å². The van der Waals surface area contributed by atoms with Crippen molar-refractivity contribution >= 4 is 21.6 Å². The van der Waals surface area contributed by atoms with E-state index >= 15 is 0 Å². The van der Waals surface area contributed by atoms with E-state index in [9.17, 15) is 8.42 Å². The quantitative estimate of drug-likeness (QED) is 0.810. The van der Waals surface area contributed by atoms with Crippen LogP contribution in [0.5, 0.6) is 0 Å². The molecule has 1 N–H and O–H groups in total. The van der Waals surface area contributed by atoms with E-state index < -0.39 is 10.0 Å². The molecule has 1 aromatic rings. The number of nitrogens with one attached hydrogen (secondary N) is 1. The van der Waals surface area contributed by atoms with E-state index in [0.717, 1.165) is 0 Å². The second kappa shape index (κ2) is 6.47. The number of nitrogens with zero attached hydrogens (tertiary/aromatic N) is 1. The maximum absolute atomic E-state index is 11.9. The average Bonchev–Trinajstić information content (AvgIpc) is 2.29. The van der Waals surface area contributed by atoms with Crippen molar-refractivity contribution in [3.63, 3.8) is 0 Å². The third-order valence-electron chi connectivity index (χ3n) is 2.53. The molecule has 0 bridgehead atoms. The highest BCUT2D eigenvalue weighted by Crippen LogP contribution is 2.11. The maximum Gasteiger partial charge on any atom is 0.242 e. The Kier molecular flexibility index (Phi) is 5.52. The molecule has 0 spiro atoms. The number of methoxy groups -OCH3 is 1. The standard InChI is InChI=1S/C11H17ClN2O3S/c1-8(2)10(17-3)7-14-18(15,16)9-4-5-11(12)13-6-9/h4-6,8,10,14H,7H2,1-3H3/t10-/m0/s1. The van der Waals surface area contributed by atoms with Crippen molar-refractivity contribution in [1.29, 1.82) is 0 Å². The molecule has 0 aliphatic carbocycles. The van der Waals surface area contributed by atoms with Crippen molar-refractivity contribution in [2.24, 2.45) is 5.92 Å². The maximum atomic E-state index is 11.9. The van der Waals surface area contributed by atoms with E-state index in [4.69, 9.17) is 16.3 Å². The summed E-state index contributed by atoms with van der Waals surface area (Å²) in [5, 5.41) is 0.255. The highest BCUT2D eigenvalue weighted by Gasteiger charge is 2.18. The monoisotopic (exact) mass is 292 g/mol. The first-order chi connectivity index (χ1) is 8.36. The summed E-state index contributed by atoms with van der Waals surface area (Å²) in [5.74, 6) is 0.223. The molecular weight excluding hydrogens is 276 g/mol. The van der Waals surface area contributed by atoms with E-state index in [1.165, 1.54) is 18.3 Å². The number of hydrogen-bond acceptors (Lipinski definition) is 4. The van der Waals surface area contributed by atoms with Gasteiger partial charge in [0.25, 0.3) is 0 Å². The van der Waals surface area contributed by atoms with Gasteiger partial charge in [0.05, 0.1) is 6.10 Å². The number of ether oxygens (including phenoxy) is 1. The molecule has 1 atom stereocenters. The first-order valence-electron chi connectivity index (χ1n) is 5.51. The minimum Gasteiger partial charge on any atom is -0.380 e. The summed E-state index contributed by atoms with van der Waals surface area (Å²) in [5.41, 5.74) is 0. The predicted octanol–water partition coefficient (Wildman–Crippen LogP) is 1.68. The molecule has 1 rings (SSSR count). The molecule has 0 aromatic carbocycles. The third-order valence-corrected chi connectivity index (χ3v) is 4.16. The zero-order valence-corrected chi connectivity index (χ0v) is 12.1. The molecule has 5 nitrogen and oxygen atoms in total. The SMILES string of the molecule is CO[C@@H](CNS(=O)(=O)c1ccc(Cl)nc1)C(C)C. The van der Waals surface area contributed by atoms with E-state index in [1.807, 2.05) is 13.8 Å². The Balaban J connectivity index is 2.73. The van der Waals surface area contributed by atoms with Crippen LogP contribution < -0.4 is 4.72 Å². The molecule has 7 heteroatoms. The predicted molar refractivity (Wildman–Crippen MR) is 70.1 cm³/mol. The molecule has 1 heterocycles. The normalized spacial score (nSPS) is 13.8. The lowest BCUT2D eigenvalue weighted by Crippen LogP contribution is -2.36. The highest BCUT2D eigenvalue weighted by molar-refractivity contribution is 7.89. The number of sulfonamides is 1. The number of hydrogen-bond donors (Lipinski definition) is 1. The van der Waals surface area contributed by atoms with Gasteiger partial charge in [0, 0.05) is 19.9 Å². The van der Waals surface area contributed by atoms with Gasteiger partial charge in [-0.25, -0.2) is 18.1 Å². The van der Waals surface area contributed by atoms with Crippen LogP contribution in [0.1, 0.15) is 13.8 Å². The first kappa shape index (κ1) is 15.4. The van der Waals surface area contributed by atoms with Gasteiger partial charge in [-0.15, -0.1) is 0 Å². The van der Waals surface area contributed by atoms with Gasteiger partial charge in [0.1, 0.15) is 10.0 Å². The number of halogens is 1. The van der Waals surface area contributed by atoms with Gasteiger partial charge in [-0.2, -0.15) is 0 Å². The van der Waals surface area contributed by atoms with Gasteiger partial charge in [-0.3, -0.25) is 0 Å². The Bertz CT molecular complexity index is 474. The molecule has 0 saturated heterocycles. The van der Waals surface area contributed by atoms with Gasteiger partial charge in [0.15, 0.2) is 0 Å². The molecule has 102 valence electrons. The van der Waals surface area contributed by atoms with Gasteiger partial charge in [-0.1, -0.05) is 25.4 Å². The molecule has 0 fully saturated rings. The molecule has 0 amide bonds. The topological polar surface area (TPSA) is 68.3 Å². The molecule has 0 aliphatic heterocycles. The van der Waals surface area contributed by atoms with Gasteiger partial charge >= 0.3 is 0 Å². The van der Waals surface area contributed by atoms with E-state index in [2.05, 4.69) is 9.71 Å². The number of pyridine rings is 1. The summed E-state index contributed by atoms with van der Waals surface area (Å²) in [6, 6.07) is 2.85. The van der Waals surface area contributed by atoms with E-state index in [-0.39, 0.29) is 28.6 Å². The largest absolute Gasteiger partial charge is 0.380 e. The minimum atomic E-state index is -3.57. The van der Waals surface area contributed by atoms with Crippen molar-refractivity contribution in [3.8, 4) is 0 Å². The Morgan fingerprint density at radius 2 is 2.11 bits per heavy atom. The van der Waals surface area contributed by atoms with Crippen LogP contribution in [-0.2, 0) is 14.8 Å². The zero-order chi connectivity index (χ0) is 13.8. The van der Waals surface area contributed by atoms with Crippen molar-refractivity contribution < 1.29 is 13.2 Å².